The van der Waals surface area contributed by atoms with Crippen molar-refractivity contribution in [1.29, 1.82) is 0 Å². The Labute approximate surface area is 195 Å². The molecule has 3 N–H and O–H groups in total. The minimum Gasteiger partial charge on any atom is -0.496 e. The molecule has 0 spiro atoms. The van der Waals surface area contributed by atoms with Crippen molar-refractivity contribution in [2.75, 3.05) is 33.9 Å². The molecule has 0 unspecified atom stereocenters. The molecule has 0 saturated heterocycles. The zero-order chi connectivity index (χ0) is 21.1. The molecular formula is C22H31IN4O3. The Morgan fingerprint density at radius 2 is 1.87 bits per heavy atom. The summed E-state index contributed by atoms with van der Waals surface area (Å²) in [5.41, 5.74) is 7.33. The summed E-state index contributed by atoms with van der Waals surface area (Å²) >= 11 is 0. The summed E-state index contributed by atoms with van der Waals surface area (Å²) in [4.78, 5) is 17.6. The number of methoxy groups -OCH3 is 1. The van der Waals surface area contributed by atoms with Crippen LogP contribution in [0.4, 0.5) is 0 Å². The molecule has 30 heavy (non-hydrogen) atoms. The summed E-state index contributed by atoms with van der Waals surface area (Å²) in [7, 11) is 3.70. The Hall–Kier alpha value is -2.49. The summed E-state index contributed by atoms with van der Waals surface area (Å²) < 4.78 is 10.7. The van der Waals surface area contributed by atoms with Gasteiger partial charge in [-0.1, -0.05) is 30.3 Å². The zero-order valence-electron chi connectivity index (χ0n) is 17.8. The first-order valence-electron chi connectivity index (χ1n) is 9.64. The lowest BCUT2D eigenvalue weighted by molar-refractivity contribution is -0.119. The number of rotatable bonds is 10. The van der Waals surface area contributed by atoms with Crippen molar-refractivity contribution in [2.24, 2.45) is 10.7 Å². The number of amides is 1. The van der Waals surface area contributed by atoms with Crippen molar-refractivity contribution in [2.45, 2.75) is 19.9 Å². The number of para-hydroxylation sites is 1. The molecule has 1 amide bonds. The number of primary amides is 1. The molecule has 0 aliphatic carbocycles. The summed E-state index contributed by atoms with van der Waals surface area (Å²) in [5.74, 6) is 1.85. The number of guanidine groups is 1. The van der Waals surface area contributed by atoms with E-state index in [1.54, 1.807) is 7.11 Å². The van der Waals surface area contributed by atoms with Crippen LogP contribution in [0, 0.1) is 0 Å². The first-order chi connectivity index (χ1) is 14.0. The van der Waals surface area contributed by atoms with Crippen molar-refractivity contribution in [3.63, 3.8) is 0 Å². The monoisotopic (exact) mass is 526 g/mol. The molecule has 0 aliphatic heterocycles. The van der Waals surface area contributed by atoms with Gasteiger partial charge in [-0.05, 0) is 37.1 Å². The van der Waals surface area contributed by atoms with Crippen LogP contribution < -0.4 is 20.5 Å². The molecule has 7 nitrogen and oxygen atoms in total. The van der Waals surface area contributed by atoms with Crippen LogP contribution in [0.2, 0.25) is 0 Å². The maximum Gasteiger partial charge on any atom is 0.255 e. The largest absolute Gasteiger partial charge is 0.496 e. The fourth-order valence-corrected chi connectivity index (χ4v) is 2.83. The number of hydrogen-bond donors (Lipinski definition) is 2. The second-order valence-corrected chi connectivity index (χ2v) is 6.55. The molecule has 2 rings (SSSR count). The summed E-state index contributed by atoms with van der Waals surface area (Å²) in [5, 5.41) is 3.33. The quantitative estimate of drug-likeness (QED) is 0.283. The van der Waals surface area contributed by atoms with Crippen molar-refractivity contribution >= 4 is 35.8 Å². The van der Waals surface area contributed by atoms with Gasteiger partial charge >= 0.3 is 0 Å². The third kappa shape index (κ3) is 8.48. The highest BCUT2D eigenvalue weighted by Crippen LogP contribution is 2.18. The van der Waals surface area contributed by atoms with Gasteiger partial charge in [0.05, 0.1) is 7.11 Å². The molecule has 0 fully saturated rings. The first-order valence-corrected chi connectivity index (χ1v) is 9.64. The Morgan fingerprint density at radius 3 is 2.50 bits per heavy atom. The number of nitrogens with zero attached hydrogens (tertiary/aromatic N) is 2. The van der Waals surface area contributed by atoms with E-state index < -0.39 is 5.91 Å². The minimum atomic E-state index is -0.489. The van der Waals surface area contributed by atoms with Crippen molar-refractivity contribution < 1.29 is 14.3 Å². The van der Waals surface area contributed by atoms with Crippen LogP contribution in [-0.4, -0.2) is 50.6 Å². The molecule has 0 saturated carbocycles. The van der Waals surface area contributed by atoms with E-state index in [0.29, 0.717) is 18.8 Å². The molecule has 8 heteroatoms. The minimum absolute atomic E-state index is 0. The van der Waals surface area contributed by atoms with E-state index in [1.165, 1.54) is 0 Å². The lowest BCUT2D eigenvalue weighted by atomic mass is 10.1. The fourth-order valence-electron chi connectivity index (χ4n) is 2.83. The number of carbonyl (C=O) groups is 1. The zero-order valence-corrected chi connectivity index (χ0v) is 20.1. The second-order valence-electron chi connectivity index (χ2n) is 6.55. The Kier molecular flexibility index (Phi) is 11.7. The standard InChI is InChI=1S/C22H30N4O3.HI/c1-4-24-22(26(2)15-18-7-5-6-8-20(18)28-3)25-14-13-17-9-11-19(12-10-17)29-16-21(23)27;/h5-12H,4,13-16H2,1-3H3,(H2,23,27)(H,24,25);1H. The molecule has 2 aromatic rings. The molecule has 0 aliphatic rings. The number of hydrogen-bond acceptors (Lipinski definition) is 4. The lowest BCUT2D eigenvalue weighted by Gasteiger charge is -2.23. The fraction of sp³-hybridized carbons (Fsp3) is 0.364. The van der Waals surface area contributed by atoms with Gasteiger partial charge in [-0.15, -0.1) is 24.0 Å². The number of aliphatic imine (C=N–C) groups is 1. The van der Waals surface area contributed by atoms with Crippen LogP contribution in [0.5, 0.6) is 11.5 Å². The maximum atomic E-state index is 10.8. The molecular weight excluding hydrogens is 495 g/mol. The van der Waals surface area contributed by atoms with Gasteiger partial charge < -0.3 is 25.4 Å². The average molecular weight is 526 g/mol. The molecule has 2 aromatic carbocycles. The smallest absolute Gasteiger partial charge is 0.255 e. The van der Waals surface area contributed by atoms with E-state index >= 15 is 0 Å². The molecule has 0 aromatic heterocycles. The van der Waals surface area contributed by atoms with Gasteiger partial charge in [-0.3, -0.25) is 9.79 Å². The van der Waals surface area contributed by atoms with Crippen LogP contribution in [-0.2, 0) is 17.8 Å². The highest BCUT2D eigenvalue weighted by molar-refractivity contribution is 14.0. The number of ether oxygens (including phenoxy) is 2. The number of halogens is 1. The summed E-state index contributed by atoms with van der Waals surface area (Å²) in [6, 6.07) is 15.6. The number of nitrogens with two attached hydrogens (primary N) is 1. The van der Waals surface area contributed by atoms with E-state index in [0.717, 1.165) is 35.8 Å². The van der Waals surface area contributed by atoms with E-state index in [1.807, 2.05) is 49.5 Å². The second kappa shape index (κ2) is 13.7. The highest BCUT2D eigenvalue weighted by atomic mass is 127. The van der Waals surface area contributed by atoms with Gasteiger partial charge in [0, 0.05) is 32.2 Å². The van der Waals surface area contributed by atoms with Gasteiger partial charge in [0.25, 0.3) is 5.91 Å². The number of nitrogens with one attached hydrogen (secondary N) is 1. The number of carbonyl (C=O) groups excluding carboxylic acids is 1. The Balaban J connectivity index is 0.00000450. The molecule has 0 radical (unpaired) electrons. The molecule has 0 bridgehead atoms. The van der Waals surface area contributed by atoms with Gasteiger partial charge in [-0.25, -0.2) is 0 Å². The normalized spacial score (nSPS) is 10.7. The van der Waals surface area contributed by atoms with Gasteiger partial charge in [0.2, 0.25) is 0 Å². The van der Waals surface area contributed by atoms with Crippen LogP contribution in [0.3, 0.4) is 0 Å². The molecule has 0 atom stereocenters. The Bertz CT molecular complexity index is 812. The van der Waals surface area contributed by atoms with E-state index in [9.17, 15) is 4.79 Å². The lowest BCUT2D eigenvalue weighted by Crippen LogP contribution is -2.38. The topological polar surface area (TPSA) is 89.2 Å². The van der Waals surface area contributed by atoms with E-state index in [-0.39, 0.29) is 30.6 Å². The van der Waals surface area contributed by atoms with E-state index in [4.69, 9.17) is 20.2 Å². The van der Waals surface area contributed by atoms with Gasteiger partial charge in [0.15, 0.2) is 12.6 Å². The predicted molar refractivity (Wildman–Crippen MR) is 131 cm³/mol. The SMILES string of the molecule is CCNC(=NCCc1ccc(OCC(N)=O)cc1)N(C)Cc1ccccc1OC.I. The average Bonchev–Trinajstić information content (AvgIpc) is 2.72. The van der Waals surface area contributed by atoms with Crippen molar-refractivity contribution in [3.8, 4) is 11.5 Å². The van der Waals surface area contributed by atoms with Gasteiger partial charge in [0.1, 0.15) is 11.5 Å². The third-order valence-corrected chi connectivity index (χ3v) is 4.26. The predicted octanol–water partition coefficient (Wildman–Crippen LogP) is 2.82. The first kappa shape index (κ1) is 25.5. The number of benzene rings is 2. The highest BCUT2D eigenvalue weighted by Gasteiger charge is 2.09. The van der Waals surface area contributed by atoms with Crippen molar-refractivity contribution in [1.82, 2.24) is 10.2 Å². The van der Waals surface area contributed by atoms with Crippen molar-refractivity contribution in [3.05, 3.63) is 59.7 Å². The van der Waals surface area contributed by atoms with Crippen LogP contribution in [0.25, 0.3) is 0 Å². The molecule has 0 heterocycles. The summed E-state index contributed by atoms with van der Waals surface area (Å²) in [6.45, 7) is 4.08. The van der Waals surface area contributed by atoms with Crippen LogP contribution in [0.1, 0.15) is 18.1 Å². The third-order valence-electron chi connectivity index (χ3n) is 4.26. The van der Waals surface area contributed by atoms with Crippen LogP contribution in [0.15, 0.2) is 53.5 Å². The maximum absolute atomic E-state index is 10.8. The van der Waals surface area contributed by atoms with Crippen LogP contribution >= 0.6 is 24.0 Å². The summed E-state index contributed by atoms with van der Waals surface area (Å²) in [6.07, 6.45) is 0.799. The van der Waals surface area contributed by atoms with Gasteiger partial charge in [-0.2, -0.15) is 0 Å². The molecule has 164 valence electrons. The Morgan fingerprint density at radius 1 is 1.17 bits per heavy atom. The van der Waals surface area contributed by atoms with E-state index in [2.05, 4.69) is 23.2 Å².